The van der Waals surface area contributed by atoms with E-state index in [4.69, 9.17) is 0 Å². The molecule has 0 aromatic heterocycles. The maximum absolute atomic E-state index is 9.24. The molecule has 0 radical (unpaired) electrons. The van der Waals surface area contributed by atoms with Gasteiger partial charge in [-0.2, -0.15) is 0 Å². The minimum atomic E-state index is 0.247. The van der Waals surface area contributed by atoms with Crippen LogP contribution >= 0.6 is 0 Å². The number of hydrogen-bond acceptors (Lipinski definition) is 3. The predicted molar refractivity (Wildman–Crippen MR) is 70.8 cm³/mol. The smallest absolute Gasteiger partial charge is 0.0585 e. The highest BCUT2D eigenvalue weighted by molar-refractivity contribution is 4.70. The number of nitrogens with zero attached hydrogens (tertiary/aromatic N) is 1. The highest BCUT2D eigenvalue weighted by Crippen LogP contribution is 2.07. The molecular formula is C13H30N2O. The summed E-state index contributed by atoms with van der Waals surface area (Å²) in [5.74, 6) is 0. The predicted octanol–water partition coefficient (Wildman–Crippen LogP) is 1.86. The lowest BCUT2D eigenvalue weighted by atomic mass is 10.1. The van der Waals surface area contributed by atoms with E-state index < -0.39 is 0 Å². The lowest BCUT2D eigenvalue weighted by molar-refractivity contribution is 0.189. The fraction of sp³-hybridized carbons (Fsp3) is 1.00. The van der Waals surface area contributed by atoms with E-state index >= 15 is 0 Å². The van der Waals surface area contributed by atoms with Crippen molar-refractivity contribution in [3.8, 4) is 0 Å². The second-order valence-corrected chi connectivity index (χ2v) is 4.57. The van der Waals surface area contributed by atoms with E-state index in [9.17, 15) is 5.11 Å². The average Bonchev–Trinajstić information content (AvgIpc) is 2.31. The third-order valence-electron chi connectivity index (χ3n) is 3.30. The van der Waals surface area contributed by atoms with Crippen LogP contribution in [0.3, 0.4) is 0 Å². The molecule has 0 saturated carbocycles. The van der Waals surface area contributed by atoms with Gasteiger partial charge in [0.1, 0.15) is 0 Å². The van der Waals surface area contributed by atoms with Crippen LogP contribution in [0, 0.1) is 0 Å². The standard InChI is InChI=1S/C13H30N2O/c1-5-9-14-12(11-16)8-10-15(4)13(6-2)7-3/h12-14,16H,5-11H2,1-4H3. The summed E-state index contributed by atoms with van der Waals surface area (Å²) in [6, 6.07) is 0.947. The van der Waals surface area contributed by atoms with Crippen molar-refractivity contribution in [3.63, 3.8) is 0 Å². The van der Waals surface area contributed by atoms with Crippen LogP contribution in [0.5, 0.6) is 0 Å². The van der Waals surface area contributed by atoms with Crippen molar-refractivity contribution >= 4 is 0 Å². The second kappa shape index (κ2) is 10.1. The summed E-state index contributed by atoms with van der Waals surface area (Å²) >= 11 is 0. The second-order valence-electron chi connectivity index (χ2n) is 4.57. The number of rotatable bonds is 10. The molecule has 0 amide bonds. The van der Waals surface area contributed by atoms with Crippen LogP contribution in [0.4, 0.5) is 0 Å². The topological polar surface area (TPSA) is 35.5 Å². The third kappa shape index (κ3) is 6.46. The Morgan fingerprint density at radius 1 is 1.19 bits per heavy atom. The number of nitrogens with one attached hydrogen (secondary N) is 1. The van der Waals surface area contributed by atoms with E-state index in [1.807, 2.05) is 0 Å². The van der Waals surface area contributed by atoms with Crippen molar-refractivity contribution in [2.45, 2.75) is 58.5 Å². The van der Waals surface area contributed by atoms with Crippen molar-refractivity contribution in [2.24, 2.45) is 0 Å². The highest BCUT2D eigenvalue weighted by atomic mass is 16.3. The molecular weight excluding hydrogens is 200 g/mol. The Labute approximate surface area is 101 Å². The van der Waals surface area contributed by atoms with Gasteiger partial charge in [-0.15, -0.1) is 0 Å². The zero-order chi connectivity index (χ0) is 12.4. The number of aliphatic hydroxyl groups excluding tert-OH is 1. The molecule has 0 aromatic carbocycles. The normalized spacial score (nSPS) is 13.7. The van der Waals surface area contributed by atoms with Gasteiger partial charge in [-0.3, -0.25) is 0 Å². The van der Waals surface area contributed by atoms with Crippen molar-refractivity contribution in [3.05, 3.63) is 0 Å². The van der Waals surface area contributed by atoms with Crippen LogP contribution < -0.4 is 5.32 Å². The first-order valence-electron chi connectivity index (χ1n) is 6.73. The van der Waals surface area contributed by atoms with Gasteiger partial charge >= 0.3 is 0 Å². The summed E-state index contributed by atoms with van der Waals surface area (Å²) in [6.45, 7) is 8.94. The molecule has 2 N–H and O–H groups in total. The number of hydrogen-bond donors (Lipinski definition) is 2. The Morgan fingerprint density at radius 2 is 1.81 bits per heavy atom. The molecule has 0 aliphatic rings. The van der Waals surface area contributed by atoms with Crippen LogP contribution in [-0.2, 0) is 0 Å². The van der Waals surface area contributed by atoms with Crippen LogP contribution in [0.25, 0.3) is 0 Å². The van der Waals surface area contributed by atoms with Gasteiger partial charge in [0.25, 0.3) is 0 Å². The molecule has 98 valence electrons. The molecule has 0 bridgehead atoms. The van der Waals surface area contributed by atoms with Gasteiger partial charge in [0.15, 0.2) is 0 Å². The summed E-state index contributed by atoms with van der Waals surface area (Å²) < 4.78 is 0. The monoisotopic (exact) mass is 230 g/mol. The van der Waals surface area contributed by atoms with Crippen molar-refractivity contribution in [1.29, 1.82) is 0 Å². The maximum Gasteiger partial charge on any atom is 0.0585 e. The first kappa shape index (κ1) is 15.9. The zero-order valence-corrected chi connectivity index (χ0v) is 11.5. The lowest BCUT2D eigenvalue weighted by Gasteiger charge is -2.27. The Balaban J connectivity index is 3.81. The van der Waals surface area contributed by atoms with Crippen LogP contribution in [-0.4, -0.2) is 48.8 Å². The summed E-state index contributed by atoms with van der Waals surface area (Å²) in [5, 5.41) is 12.6. The van der Waals surface area contributed by atoms with Gasteiger partial charge in [0.05, 0.1) is 6.61 Å². The number of aliphatic hydroxyl groups is 1. The quantitative estimate of drug-likeness (QED) is 0.601. The largest absolute Gasteiger partial charge is 0.395 e. The fourth-order valence-electron chi connectivity index (χ4n) is 2.06. The first-order chi connectivity index (χ1) is 7.69. The summed E-state index contributed by atoms with van der Waals surface area (Å²) in [7, 11) is 2.19. The van der Waals surface area contributed by atoms with Gasteiger partial charge in [-0.05, 0) is 45.8 Å². The minimum Gasteiger partial charge on any atom is -0.395 e. The Kier molecular flexibility index (Phi) is 9.99. The van der Waals surface area contributed by atoms with Crippen molar-refractivity contribution in [2.75, 3.05) is 26.7 Å². The Hall–Kier alpha value is -0.120. The van der Waals surface area contributed by atoms with Gasteiger partial charge in [0, 0.05) is 12.1 Å². The van der Waals surface area contributed by atoms with E-state index in [0.29, 0.717) is 6.04 Å². The highest BCUT2D eigenvalue weighted by Gasteiger charge is 2.12. The van der Waals surface area contributed by atoms with Gasteiger partial charge < -0.3 is 15.3 Å². The Bertz CT molecular complexity index is 149. The van der Waals surface area contributed by atoms with E-state index in [2.05, 4.69) is 38.0 Å². The average molecular weight is 230 g/mol. The van der Waals surface area contributed by atoms with E-state index in [-0.39, 0.29) is 12.6 Å². The van der Waals surface area contributed by atoms with Gasteiger partial charge in [0.2, 0.25) is 0 Å². The molecule has 16 heavy (non-hydrogen) atoms. The fourth-order valence-corrected chi connectivity index (χ4v) is 2.06. The maximum atomic E-state index is 9.24. The molecule has 0 spiro atoms. The molecule has 0 aliphatic heterocycles. The molecule has 1 atom stereocenters. The van der Waals surface area contributed by atoms with Crippen LogP contribution in [0.15, 0.2) is 0 Å². The molecule has 0 rings (SSSR count). The summed E-state index contributed by atoms with van der Waals surface area (Å²) in [6.07, 6.45) is 4.57. The van der Waals surface area contributed by atoms with Crippen molar-refractivity contribution in [1.82, 2.24) is 10.2 Å². The molecule has 0 aliphatic carbocycles. The zero-order valence-electron chi connectivity index (χ0n) is 11.5. The van der Waals surface area contributed by atoms with Crippen molar-refractivity contribution < 1.29 is 5.11 Å². The van der Waals surface area contributed by atoms with E-state index in [0.717, 1.165) is 25.9 Å². The molecule has 0 heterocycles. The molecule has 3 nitrogen and oxygen atoms in total. The van der Waals surface area contributed by atoms with E-state index in [1.165, 1.54) is 12.8 Å². The SMILES string of the molecule is CCCNC(CO)CCN(C)C(CC)CC. The van der Waals surface area contributed by atoms with Gasteiger partial charge in [-0.25, -0.2) is 0 Å². The first-order valence-corrected chi connectivity index (χ1v) is 6.73. The van der Waals surface area contributed by atoms with Crippen LogP contribution in [0.1, 0.15) is 46.5 Å². The molecule has 1 unspecified atom stereocenters. The summed E-state index contributed by atoms with van der Waals surface area (Å²) in [5.41, 5.74) is 0. The van der Waals surface area contributed by atoms with Gasteiger partial charge in [-0.1, -0.05) is 20.8 Å². The summed E-state index contributed by atoms with van der Waals surface area (Å²) in [4.78, 5) is 2.41. The van der Waals surface area contributed by atoms with E-state index in [1.54, 1.807) is 0 Å². The minimum absolute atomic E-state index is 0.247. The third-order valence-corrected chi connectivity index (χ3v) is 3.30. The molecule has 0 aromatic rings. The van der Waals surface area contributed by atoms with Crippen LogP contribution in [0.2, 0.25) is 0 Å². The Morgan fingerprint density at radius 3 is 2.25 bits per heavy atom. The molecule has 0 fully saturated rings. The molecule has 0 saturated heterocycles. The molecule has 3 heteroatoms. The lowest BCUT2D eigenvalue weighted by Crippen LogP contribution is -2.39.